The molecule has 0 aliphatic heterocycles. The smallest absolute Gasteiger partial charge is 0.230 e. The van der Waals surface area contributed by atoms with Crippen molar-refractivity contribution >= 4 is 23.1 Å². The van der Waals surface area contributed by atoms with Gasteiger partial charge in [0.05, 0.1) is 12.6 Å². The van der Waals surface area contributed by atoms with Gasteiger partial charge >= 0.3 is 0 Å². The number of thiophene rings is 1. The monoisotopic (exact) mass is 246 g/mol. The molecule has 0 bridgehead atoms. The van der Waals surface area contributed by atoms with Crippen molar-refractivity contribution in [1.82, 2.24) is 9.78 Å². The molecule has 0 radical (unpaired) electrons. The Hall–Kier alpha value is -2.13. The summed E-state index contributed by atoms with van der Waals surface area (Å²) in [5.41, 5.74) is 0.368. The number of hydrogen-bond donors (Lipinski definition) is 1. The van der Waals surface area contributed by atoms with Crippen molar-refractivity contribution in [2.75, 3.05) is 5.32 Å². The van der Waals surface area contributed by atoms with Gasteiger partial charge in [0.1, 0.15) is 17.5 Å². The first kappa shape index (κ1) is 11.4. The molecule has 2 aromatic heterocycles. The van der Waals surface area contributed by atoms with Crippen LogP contribution in [0, 0.1) is 11.3 Å². The summed E-state index contributed by atoms with van der Waals surface area (Å²) in [5, 5.41) is 17.4. The van der Waals surface area contributed by atoms with Gasteiger partial charge in [-0.1, -0.05) is 6.07 Å². The Labute approximate surface area is 102 Å². The van der Waals surface area contributed by atoms with Crippen LogP contribution in [0.15, 0.2) is 23.7 Å². The predicted octanol–water partition coefficient (Wildman–Crippen LogP) is 1.53. The van der Waals surface area contributed by atoms with Crippen LogP contribution in [0.3, 0.4) is 0 Å². The van der Waals surface area contributed by atoms with Crippen LogP contribution in [0.4, 0.5) is 5.82 Å². The van der Waals surface area contributed by atoms with E-state index in [1.54, 1.807) is 7.05 Å². The molecule has 0 spiro atoms. The Bertz CT molecular complexity index is 565. The molecule has 0 aromatic carbocycles. The zero-order valence-electron chi connectivity index (χ0n) is 9.17. The van der Waals surface area contributed by atoms with Crippen LogP contribution < -0.4 is 5.32 Å². The number of nitriles is 1. The summed E-state index contributed by atoms with van der Waals surface area (Å²) in [6.07, 6.45) is 1.74. The lowest BCUT2D eigenvalue weighted by molar-refractivity contribution is -0.115. The third-order valence-corrected chi connectivity index (χ3v) is 3.11. The zero-order chi connectivity index (χ0) is 12.3. The summed E-state index contributed by atoms with van der Waals surface area (Å²) < 4.78 is 1.48. The maximum absolute atomic E-state index is 11.7. The largest absolute Gasteiger partial charge is 0.309 e. The second-order valence-corrected chi connectivity index (χ2v) is 4.48. The van der Waals surface area contributed by atoms with Crippen molar-refractivity contribution < 1.29 is 4.79 Å². The summed E-state index contributed by atoms with van der Waals surface area (Å²) in [4.78, 5) is 12.7. The predicted molar refractivity (Wildman–Crippen MR) is 64.6 cm³/mol. The molecule has 0 saturated carbocycles. The molecule has 1 N–H and O–H groups in total. The van der Waals surface area contributed by atoms with E-state index < -0.39 is 0 Å². The summed E-state index contributed by atoms with van der Waals surface area (Å²) in [6.45, 7) is 0. The molecule has 0 aliphatic carbocycles. The number of aromatic nitrogens is 2. The minimum Gasteiger partial charge on any atom is -0.309 e. The van der Waals surface area contributed by atoms with Gasteiger partial charge in [-0.2, -0.15) is 10.4 Å². The van der Waals surface area contributed by atoms with Crippen LogP contribution in [0.1, 0.15) is 10.4 Å². The molecule has 6 heteroatoms. The Balaban J connectivity index is 2.08. The van der Waals surface area contributed by atoms with Crippen LogP contribution in [-0.4, -0.2) is 15.7 Å². The van der Waals surface area contributed by atoms with E-state index in [4.69, 9.17) is 5.26 Å². The van der Waals surface area contributed by atoms with Crippen LogP contribution >= 0.6 is 11.3 Å². The third kappa shape index (κ3) is 2.52. The summed E-state index contributed by atoms with van der Waals surface area (Å²) >= 11 is 1.53. The van der Waals surface area contributed by atoms with Gasteiger partial charge in [-0.05, 0) is 11.4 Å². The lowest BCUT2D eigenvalue weighted by Gasteiger charge is -2.04. The van der Waals surface area contributed by atoms with Gasteiger partial charge in [0, 0.05) is 11.9 Å². The van der Waals surface area contributed by atoms with Crippen molar-refractivity contribution in [3.63, 3.8) is 0 Å². The molecule has 86 valence electrons. The van der Waals surface area contributed by atoms with E-state index in [1.165, 1.54) is 22.2 Å². The second kappa shape index (κ2) is 4.80. The number of rotatable bonds is 3. The molecule has 17 heavy (non-hydrogen) atoms. The SMILES string of the molecule is Cn1ncc(C#N)c1NC(=O)Cc1cccs1. The maximum atomic E-state index is 11.7. The van der Waals surface area contributed by atoms with Gasteiger partial charge in [0.2, 0.25) is 5.91 Å². The highest BCUT2D eigenvalue weighted by molar-refractivity contribution is 7.10. The normalized spacial score (nSPS) is 9.88. The maximum Gasteiger partial charge on any atom is 0.230 e. The fourth-order valence-corrected chi connectivity index (χ4v) is 2.12. The van der Waals surface area contributed by atoms with Gasteiger partial charge in [0.15, 0.2) is 0 Å². The zero-order valence-corrected chi connectivity index (χ0v) is 9.99. The Kier molecular flexibility index (Phi) is 3.21. The average molecular weight is 246 g/mol. The molecule has 0 atom stereocenters. The van der Waals surface area contributed by atoms with Crippen LogP contribution in [0.5, 0.6) is 0 Å². The number of nitrogens with one attached hydrogen (secondary N) is 1. The Morgan fingerprint density at radius 3 is 3.18 bits per heavy atom. The number of aryl methyl sites for hydroxylation is 1. The second-order valence-electron chi connectivity index (χ2n) is 3.45. The highest BCUT2D eigenvalue weighted by Gasteiger charge is 2.12. The molecule has 1 amide bonds. The van der Waals surface area contributed by atoms with Crippen LogP contribution in [0.2, 0.25) is 0 Å². The summed E-state index contributed by atoms with van der Waals surface area (Å²) in [5.74, 6) is 0.293. The lowest BCUT2D eigenvalue weighted by Crippen LogP contribution is -2.16. The first-order valence-corrected chi connectivity index (χ1v) is 5.83. The van der Waals surface area contributed by atoms with Crippen molar-refractivity contribution in [2.45, 2.75) is 6.42 Å². The highest BCUT2D eigenvalue weighted by atomic mass is 32.1. The van der Waals surface area contributed by atoms with E-state index >= 15 is 0 Å². The van der Waals surface area contributed by atoms with Crippen molar-refractivity contribution in [3.8, 4) is 6.07 Å². The molecule has 2 aromatic rings. The third-order valence-electron chi connectivity index (χ3n) is 2.23. The van der Waals surface area contributed by atoms with Gasteiger partial charge in [0.25, 0.3) is 0 Å². The standard InChI is InChI=1S/C11H10N4OS/c1-15-11(8(6-12)7-13-15)14-10(16)5-9-3-2-4-17-9/h2-4,7H,5H2,1H3,(H,14,16). The number of anilines is 1. The number of hydrogen-bond acceptors (Lipinski definition) is 4. The van der Waals surface area contributed by atoms with Crippen LogP contribution in [0.25, 0.3) is 0 Å². The molecule has 0 aliphatic rings. The number of nitrogens with zero attached hydrogens (tertiary/aromatic N) is 3. The topological polar surface area (TPSA) is 70.7 Å². The number of carbonyl (C=O) groups is 1. The molecule has 2 rings (SSSR count). The number of amides is 1. The molecule has 0 saturated heterocycles. The van der Waals surface area contributed by atoms with E-state index in [0.29, 0.717) is 17.8 Å². The minimum absolute atomic E-state index is 0.146. The van der Waals surface area contributed by atoms with Crippen molar-refractivity contribution in [3.05, 3.63) is 34.2 Å². The van der Waals surface area contributed by atoms with Gasteiger partial charge in [-0.15, -0.1) is 11.3 Å². The van der Waals surface area contributed by atoms with Gasteiger partial charge < -0.3 is 5.32 Å². The van der Waals surface area contributed by atoms with E-state index in [1.807, 2.05) is 23.6 Å². The Morgan fingerprint density at radius 1 is 1.71 bits per heavy atom. The van der Waals surface area contributed by atoms with Crippen molar-refractivity contribution in [2.24, 2.45) is 7.05 Å². The van der Waals surface area contributed by atoms with Crippen LogP contribution in [-0.2, 0) is 18.3 Å². The molecule has 0 fully saturated rings. The fraction of sp³-hybridized carbons (Fsp3) is 0.182. The molecular weight excluding hydrogens is 236 g/mol. The summed E-state index contributed by atoms with van der Waals surface area (Å²) in [6, 6.07) is 5.79. The number of carbonyl (C=O) groups excluding carboxylic acids is 1. The quantitative estimate of drug-likeness (QED) is 0.892. The first-order valence-electron chi connectivity index (χ1n) is 4.95. The van der Waals surface area contributed by atoms with Gasteiger partial charge in [-0.3, -0.25) is 9.48 Å². The van der Waals surface area contributed by atoms with Crippen molar-refractivity contribution in [1.29, 1.82) is 5.26 Å². The minimum atomic E-state index is -0.146. The molecule has 2 heterocycles. The fourth-order valence-electron chi connectivity index (χ4n) is 1.42. The first-order chi connectivity index (χ1) is 8.20. The Morgan fingerprint density at radius 2 is 2.53 bits per heavy atom. The molecule has 5 nitrogen and oxygen atoms in total. The van der Waals surface area contributed by atoms with E-state index in [9.17, 15) is 4.79 Å². The van der Waals surface area contributed by atoms with Gasteiger partial charge in [-0.25, -0.2) is 0 Å². The summed E-state index contributed by atoms with van der Waals surface area (Å²) in [7, 11) is 1.68. The molecule has 0 unspecified atom stereocenters. The van der Waals surface area contributed by atoms with E-state index in [-0.39, 0.29) is 5.91 Å². The average Bonchev–Trinajstić information content (AvgIpc) is 2.90. The molecular formula is C11H10N4OS. The van der Waals surface area contributed by atoms with E-state index in [2.05, 4.69) is 10.4 Å². The van der Waals surface area contributed by atoms with E-state index in [0.717, 1.165) is 4.88 Å². The highest BCUT2D eigenvalue weighted by Crippen LogP contribution is 2.14. The lowest BCUT2D eigenvalue weighted by atomic mass is 10.3.